The number of nitrogens with one attached hydrogen (secondary N) is 1. The maximum Gasteiger partial charge on any atom is 0.326 e. The van der Waals surface area contributed by atoms with E-state index in [2.05, 4.69) is 9.88 Å². The standard InChI is InChI=1S/C31H27N3O5/c32-30(36)22-13-7-14-24-28(22)29-25(34(24)18-21-11-5-2-6-12-21)15-8-16-26(29)39-19-27(35)33-23(31(37)38)17-20-9-3-1-4-10-20/h1-16,23H,17-19H2,(H2,32,36)(H,33,35)(H,37,38)/t23-/m0/s1. The molecule has 0 spiro atoms. The Kier molecular flexibility index (Phi) is 7.27. The van der Waals surface area contributed by atoms with Crippen LogP contribution in [0.25, 0.3) is 21.8 Å². The number of carbonyl (C=O) groups is 3. The van der Waals surface area contributed by atoms with Gasteiger partial charge in [-0.25, -0.2) is 4.79 Å². The highest BCUT2D eigenvalue weighted by Crippen LogP contribution is 2.38. The highest BCUT2D eigenvalue weighted by atomic mass is 16.5. The number of nitrogens with two attached hydrogens (primary N) is 1. The Morgan fingerprint density at radius 3 is 2.05 bits per heavy atom. The first-order valence-corrected chi connectivity index (χ1v) is 12.5. The molecule has 0 aliphatic heterocycles. The van der Waals surface area contributed by atoms with Gasteiger partial charge in [0, 0.05) is 23.9 Å². The number of hydrogen-bond donors (Lipinski definition) is 3. The molecule has 2 amide bonds. The lowest BCUT2D eigenvalue weighted by atomic mass is 10.1. The van der Waals surface area contributed by atoms with Gasteiger partial charge in [0.1, 0.15) is 11.8 Å². The maximum atomic E-state index is 12.8. The minimum absolute atomic E-state index is 0.145. The van der Waals surface area contributed by atoms with E-state index in [1.807, 2.05) is 66.7 Å². The zero-order valence-electron chi connectivity index (χ0n) is 21.0. The molecule has 1 atom stereocenters. The summed E-state index contributed by atoms with van der Waals surface area (Å²) in [7, 11) is 0. The molecule has 4 N–H and O–H groups in total. The number of amides is 2. The Balaban J connectivity index is 1.47. The summed E-state index contributed by atoms with van der Waals surface area (Å²) in [4.78, 5) is 36.9. The van der Waals surface area contributed by atoms with Crippen LogP contribution in [0.15, 0.2) is 97.1 Å². The van der Waals surface area contributed by atoms with E-state index >= 15 is 0 Å². The van der Waals surface area contributed by atoms with Crippen molar-refractivity contribution in [3.8, 4) is 5.75 Å². The number of carboxylic acid groups (broad SMARTS) is 1. The van der Waals surface area contributed by atoms with E-state index in [-0.39, 0.29) is 6.42 Å². The quantitative estimate of drug-likeness (QED) is 0.255. The molecule has 8 heteroatoms. The molecule has 0 aliphatic rings. The third-order valence-electron chi connectivity index (χ3n) is 6.60. The molecule has 1 aromatic heterocycles. The summed E-state index contributed by atoms with van der Waals surface area (Å²) in [6.45, 7) is 0.147. The first-order chi connectivity index (χ1) is 18.9. The lowest BCUT2D eigenvalue weighted by Crippen LogP contribution is -2.44. The van der Waals surface area contributed by atoms with Crippen molar-refractivity contribution >= 4 is 39.6 Å². The van der Waals surface area contributed by atoms with Gasteiger partial charge >= 0.3 is 5.97 Å². The average molecular weight is 522 g/mol. The summed E-state index contributed by atoms with van der Waals surface area (Å²) in [6, 6.07) is 28.7. The third kappa shape index (κ3) is 5.45. The van der Waals surface area contributed by atoms with Crippen LogP contribution in [-0.4, -0.2) is 40.1 Å². The van der Waals surface area contributed by atoms with Crippen molar-refractivity contribution < 1.29 is 24.2 Å². The van der Waals surface area contributed by atoms with Crippen molar-refractivity contribution in [1.82, 2.24) is 9.88 Å². The summed E-state index contributed by atoms with van der Waals surface area (Å²) in [5.74, 6) is -1.89. The minimum atomic E-state index is -1.13. The zero-order valence-corrected chi connectivity index (χ0v) is 21.0. The molecule has 39 heavy (non-hydrogen) atoms. The van der Waals surface area contributed by atoms with Crippen LogP contribution in [0.2, 0.25) is 0 Å². The van der Waals surface area contributed by atoms with Gasteiger partial charge in [-0.2, -0.15) is 0 Å². The van der Waals surface area contributed by atoms with Crippen LogP contribution in [0.1, 0.15) is 21.5 Å². The molecular weight excluding hydrogens is 494 g/mol. The highest BCUT2D eigenvalue weighted by Gasteiger charge is 2.23. The number of hydrogen-bond acceptors (Lipinski definition) is 4. The Morgan fingerprint density at radius 1 is 0.795 bits per heavy atom. The molecule has 0 radical (unpaired) electrons. The lowest BCUT2D eigenvalue weighted by Gasteiger charge is -2.15. The van der Waals surface area contributed by atoms with E-state index in [1.165, 1.54) is 0 Å². The lowest BCUT2D eigenvalue weighted by molar-refractivity contribution is -0.142. The largest absolute Gasteiger partial charge is 0.483 e. The van der Waals surface area contributed by atoms with Crippen LogP contribution in [0.3, 0.4) is 0 Å². The average Bonchev–Trinajstić information content (AvgIpc) is 3.26. The van der Waals surface area contributed by atoms with Gasteiger partial charge in [-0.1, -0.05) is 72.8 Å². The number of benzene rings is 4. The number of ether oxygens (including phenoxy) is 1. The van der Waals surface area contributed by atoms with E-state index in [1.54, 1.807) is 30.3 Å². The van der Waals surface area contributed by atoms with Gasteiger partial charge in [0.05, 0.1) is 16.4 Å². The Morgan fingerprint density at radius 2 is 1.41 bits per heavy atom. The first kappa shape index (κ1) is 25.5. The second kappa shape index (κ2) is 11.1. The van der Waals surface area contributed by atoms with Crippen molar-refractivity contribution in [3.63, 3.8) is 0 Å². The predicted molar refractivity (Wildman–Crippen MR) is 149 cm³/mol. The molecule has 196 valence electrons. The van der Waals surface area contributed by atoms with Gasteiger partial charge < -0.3 is 25.5 Å². The Hall–Kier alpha value is -5.11. The van der Waals surface area contributed by atoms with Crippen molar-refractivity contribution in [2.24, 2.45) is 5.73 Å². The molecular formula is C31H27N3O5. The molecule has 8 nitrogen and oxygen atoms in total. The van der Waals surface area contributed by atoms with E-state index in [0.29, 0.717) is 28.6 Å². The summed E-state index contributed by atoms with van der Waals surface area (Å²) in [6.07, 6.45) is 0.145. The molecule has 0 saturated heterocycles. The number of aliphatic carboxylic acids is 1. The van der Waals surface area contributed by atoms with Gasteiger partial charge in [-0.15, -0.1) is 0 Å². The fraction of sp³-hybridized carbons (Fsp3) is 0.129. The molecule has 0 saturated carbocycles. The normalized spacial score (nSPS) is 11.8. The number of nitrogens with zero attached hydrogens (tertiary/aromatic N) is 1. The van der Waals surface area contributed by atoms with Crippen molar-refractivity contribution in [3.05, 3.63) is 114 Å². The van der Waals surface area contributed by atoms with E-state index in [0.717, 1.165) is 22.2 Å². The molecule has 0 fully saturated rings. The van der Waals surface area contributed by atoms with Crippen molar-refractivity contribution in [2.75, 3.05) is 6.61 Å². The molecule has 5 rings (SSSR count). The smallest absolute Gasteiger partial charge is 0.326 e. The van der Waals surface area contributed by atoms with E-state index in [4.69, 9.17) is 10.5 Å². The Bertz CT molecular complexity index is 1660. The molecule has 0 aliphatic carbocycles. The molecule has 4 aromatic carbocycles. The predicted octanol–water partition coefficient (Wildman–Crippen LogP) is 4.13. The fourth-order valence-corrected chi connectivity index (χ4v) is 4.84. The van der Waals surface area contributed by atoms with Crippen molar-refractivity contribution in [2.45, 2.75) is 19.0 Å². The van der Waals surface area contributed by atoms with Crippen LogP contribution in [0, 0.1) is 0 Å². The molecule has 0 bridgehead atoms. The number of rotatable bonds is 10. The minimum Gasteiger partial charge on any atom is -0.483 e. The van der Waals surface area contributed by atoms with Crippen molar-refractivity contribution in [1.29, 1.82) is 0 Å². The topological polar surface area (TPSA) is 124 Å². The SMILES string of the molecule is NC(=O)c1cccc2c1c1c(OCC(=O)N[C@@H](Cc3ccccc3)C(=O)O)cccc1n2Cc1ccccc1. The number of carboxylic acids is 1. The first-order valence-electron chi connectivity index (χ1n) is 12.5. The van der Waals surface area contributed by atoms with Gasteiger partial charge in [0.2, 0.25) is 5.91 Å². The van der Waals surface area contributed by atoms with Gasteiger partial charge in [-0.3, -0.25) is 9.59 Å². The second-order valence-electron chi connectivity index (χ2n) is 9.22. The van der Waals surface area contributed by atoms with Crippen LogP contribution in [0.4, 0.5) is 0 Å². The fourth-order valence-electron chi connectivity index (χ4n) is 4.84. The van der Waals surface area contributed by atoms with Crippen LogP contribution >= 0.6 is 0 Å². The zero-order chi connectivity index (χ0) is 27.4. The monoisotopic (exact) mass is 521 g/mol. The van der Waals surface area contributed by atoms with E-state index in [9.17, 15) is 19.5 Å². The Labute approximate surface area is 224 Å². The number of primary amides is 1. The van der Waals surface area contributed by atoms with E-state index < -0.39 is 30.4 Å². The molecule has 1 heterocycles. The summed E-state index contributed by atoms with van der Waals surface area (Å²) < 4.78 is 8.03. The van der Waals surface area contributed by atoms with Crippen LogP contribution in [0.5, 0.6) is 5.75 Å². The number of carbonyl (C=O) groups excluding carboxylic acids is 2. The van der Waals surface area contributed by atoms with Gasteiger partial charge in [0.15, 0.2) is 6.61 Å². The van der Waals surface area contributed by atoms with Gasteiger partial charge in [0.25, 0.3) is 5.91 Å². The number of fused-ring (bicyclic) bond motifs is 3. The maximum absolute atomic E-state index is 12.8. The third-order valence-corrected chi connectivity index (χ3v) is 6.60. The van der Waals surface area contributed by atoms with Gasteiger partial charge in [-0.05, 0) is 35.4 Å². The highest BCUT2D eigenvalue weighted by molar-refractivity contribution is 6.19. The van der Waals surface area contributed by atoms with Crippen LogP contribution < -0.4 is 15.8 Å². The second-order valence-corrected chi connectivity index (χ2v) is 9.22. The summed E-state index contributed by atoms with van der Waals surface area (Å²) in [5.41, 5.74) is 9.57. The molecule has 5 aromatic rings. The van der Waals surface area contributed by atoms with Crippen LogP contribution in [-0.2, 0) is 22.6 Å². The number of aromatic nitrogens is 1. The summed E-state index contributed by atoms with van der Waals surface area (Å²) >= 11 is 0. The summed E-state index contributed by atoms with van der Waals surface area (Å²) in [5, 5.41) is 13.5. The molecule has 0 unspecified atom stereocenters.